The molecule has 0 spiro atoms. The summed E-state index contributed by atoms with van der Waals surface area (Å²) in [6, 6.07) is 25.3. The molecule has 2 heteroatoms. The van der Waals surface area contributed by atoms with Crippen molar-refractivity contribution in [2.24, 2.45) is 0 Å². The summed E-state index contributed by atoms with van der Waals surface area (Å²) in [5.41, 5.74) is 1.38. The van der Waals surface area contributed by atoms with Crippen LogP contribution in [-0.2, 0) is 6.54 Å². The van der Waals surface area contributed by atoms with E-state index in [4.69, 9.17) is 0 Å². The molecule has 0 aliphatic carbocycles. The number of hydrogen-bond acceptors (Lipinski definition) is 0. The van der Waals surface area contributed by atoms with Gasteiger partial charge in [0, 0.05) is 18.3 Å². The van der Waals surface area contributed by atoms with E-state index < -0.39 is 0 Å². The zero-order valence-electron chi connectivity index (χ0n) is 18.3. The van der Waals surface area contributed by atoms with E-state index >= 15 is 0 Å². The Labute approximate surface area is 179 Å². The van der Waals surface area contributed by atoms with Crippen LogP contribution in [0.25, 0.3) is 10.9 Å². The molecule has 29 heavy (non-hydrogen) atoms. The SMILES string of the molecule is CCCCCCCC[Si](CCCCCn1ccc2ccccc21)c1ccccc1. The third kappa shape index (κ3) is 7.19. The molecule has 0 aliphatic rings. The van der Waals surface area contributed by atoms with E-state index in [-0.39, 0.29) is 8.80 Å². The first kappa shape index (κ1) is 21.9. The van der Waals surface area contributed by atoms with E-state index in [1.54, 1.807) is 5.19 Å². The number of fused-ring (bicyclic) bond motifs is 1. The van der Waals surface area contributed by atoms with Crippen molar-refractivity contribution in [2.75, 3.05) is 0 Å². The molecule has 0 fully saturated rings. The molecule has 1 heterocycles. The van der Waals surface area contributed by atoms with Gasteiger partial charge < -0.3 is 4.57 Å². The minimum atomic E-state index is -0.390. The Morgan fingerprint density at radius 1 is 0.655 bits per heavy atom. The molecule has 3 aromatic rings. The molecule has 0 aliphatic heterocycles. The molecule has 3 rings (SSSR count). The number of unbranched alkanes of at least 4 members (excludes halogenated alkanes) is 7. The Hall–Kier alpha value is -1.80. The van der Waals surface area contributed by atoms with E-state index in [2.05, 4.69) is 78.4 Å². The zero-order valence-corrected chi connectivity index (χ0v) is 19.3. The molecule has 1 aromatic heterocycles. The van der Waals surface area contributed by atoms with Crippen molar-refractivity contribution in [3.05, 3.63) is 66.9 Å². The number of aromatic nitrogens is 1. The summed E-state index contributed by atoms with van der Waals surface area (Å²) in [7, 11) is -0.390. The minimum Gasteiger partial charge on any atom is -0.347 e. The lowest BCUT2D eigenvalue weighted by Gasteiger charge is -2.16. The third-order valence-corrected chi connectivity index (χ3v) is 9.14. The van der Waals surface area contributed by atoms with Crippen molar-refractivity contribution in [1.82, 2.24) is 4.57 Å². The van der Waals surface area contributed by atoms with Gasteiger partial charge in [-0.1, -0.05) is 124 Å². The van der Waals surface area contributed by atoms with Crippen LogP contribution in [0.2, 0.25) is 12.1 Å². The second-order valence-corrected chi connectivity index (χ2v) is 11.2. The lowest BCUT2D eigenvalue weighted by atomic mass is 10.1. The summed E-state index contributed by atoms with van der Waals surface area (Å²) >= 11 is 0. The van der Waals surface area contributed by atoms with Gasteiger partial charge in [0.05, 0.1) is 8.80 Å². The molecule has 0 amide bonds. The Morgan fingerprint density at radius 2 is 1.31 bits per heavy atom. The van der Waals surface area contributed by atoms with Gasteiger partial charge in [-0.05, 0) is 23.9 Å². The number of para-hydroxylation sites is 1. The largest absolute Gasteiger partial charge is 0.347 e. The number of nitrogens with zero attached hydrogens (tertiary/aromatic N) is 1. The van der Waals surface area contributed by atoms with Gasteiger partial charge in [0.2, 0.25) is 0 Å². The van der Waals surface area contributed by atoms with Crippen molar-refractivity contribution >= 4 is 24.9 Å². The highest BCUT2D eigenvalue weighted by Gasteiger charge is 2.13. The summed E-state index contributed by atoms with van der Waals surface area (Å²) in [6.07, 6.45) is 14.8. The summed E-state index contributed by atoms with van der Waals surface area (Å²) in [6.45, 7) is 3.45. The van der Waals surface area contributed by atoms with Crippen LogP contribution in [0.3, 0.4) is 0 Å². The fourth-order valence-corrected chi connectivity index (χ4v) is 7.18. The van der Waals surface area contributed by atoms with Crippen LogP contribution in [-0.4, -0.2) is 13.4 Å². The molecule has 0 saturated carbocycles. The van der Waals surface area contributed by atoms with Crippen LogP contribution >= 0.6 is 0 Å². The maximum absolute atomic E-state index is 2.43. The van der Waals surface area contributed by atoms with Crippen molar-refractivity contribution in [3.63, 3.8) is 0 Å². The van der Waals surface area contributed by atoms with Crippen molar-refractivity contribution < 1.29 is 0 Å². The molecule has 2 aromatic carbocycles. The monoisotopic (exact) mass is 404 g/mol. The maximum Gasteiger partial charge on any atom is 0.0856 e. The second kappa shape index (κ2) is 12.7. The molecule has 155 valence electrons. The average molecular weight is 405 g/mol. The van der Waals surface area contributed by atoms with E-state index in [0.29, 0.717) is 0 Å². The third-order valence-electron chi connectivity index (χ3n) is 6.07. The van der Waals surface area contributed by atoms with Crippen molar-refractivity contribution in [1.29, 1.82) is 0 Å². The average Bonchev–Trinajstić information content (AvgIpc) is 3.18. The van der Waals surface area contributed by atoms with Crippen LogP contribution in [0, 0.1) is 0 Å². The van der Waals surface area contributed by atoms with Crippen LogP contribution in [0.15, 0.2) is 66.9 Å². The van der Waals surface area contributed by atoms with Gasteiger partial charge in [0.1, 0.15) is 0 Å². The highest BCUT2D eigenvalue weighted by molar-refractivity contribution is 6.73. The molecule has 0 N–H and O–H groups in total. The summed E-state index contributed by atoms with van der Waals surface area (Å²) in [4.78, 5) is 0. The standard InChI is InChI=1S/C27H38NSi/c1-2-3-4-5-6-14-23-29(26-17-9-7-10-18-26)24-15-8-13-21-28-22-20-25-16-11-12-19-27(25)28/h7,9-12,16-20,22H,2-6,8,13-15,21,23-24H2,1H3. The Morgan fingerprint density at radius 3 is 2.10 bits per heavy atom. The predicted octanol–water partition coefficient (Wildman–Crippen LogP) is 7.57. The predicted molar refractivity (Wildman–Crippen MR) is 131 cm³/mol. The van der Waals surface area contributed by atoms with Crippen LogP contribution in [0.5, 0.6) is 0 Å². The zero-order chi connectivity index (χ0) is 20.2. The molecular weight excluding hydrogens is 366 g/mol. The van der Waals surface area contributed by atoms with Crippen LogP contribution in [0.4, 0.5) is 0 Å². The van der Waals surface area contributed by atoms with Gasteiger partial charge in [-0.2, -0.15) is 0 Å². The molecule has 1 radical (unpaired) electrons. The lowest BCUT2D eigenvalue weighted by molar-refractivity contribution is 0.612. The van der Waals surface area contributed by atoms with Gasteiger partial charge in [-0.15, -0.1) is 0 Å². The van der Waals surface area contributed by atoms with Crippen LogP contribution in [0.1, 0.15) is 64.7 Å². The molecule has 0 saturated heterocycles. The van der Waals surface area contributed by atoms with Crippen molar-refractivity contribution in [3.8, 4) is 0 Å². The van der Waals surface area contributed by atoms with Gasteiger partial charge in [0.15, 0.2) is 0 Å². The van der Waals surface area contributed by atoms with Gasteiger partial charge in [-0.25, -0.2) is 0 Å². The van der Waals surface area contributed by atoms with E-state index in [1.165, 1.54) is 80.8 Å². The molecule has 0 atom stereocenters. The fraction of sp³-hybridized carbons (Fsp3) is 0.481. The quantitative estimate of drug-likeness (QED) is 0.193. The lowest BCUT2D eigenvalue weighted by Crippen LogP contribution is -2.29. The minimum absolute atomic E-state index is 0.390. The molecular formula is C27H38NSi. The fourth-order valence-electron chi connectivity index (χ4n) is 4.34. The number of rotatable bonds is 14. The summed E-state index contributed by atoms with van der Waals surface area (Å²) in [5, 5.41) is 3.02. The number of benzene rings is 2. The van der Waals surface area contributed by atoms with Gasteiger partial charge >= 0.3 is 0 Å². The number of aryl methyl sites for hydroxylation is 1. The summed E-state index contributed by atoms with van der Waals surface area (Å²) in [5.74, 6) is 0. The van der Waals surface area contributed by atoms with Gasteiger partial charge in [-0.3, -0.25) is 0 Å². The Kier molecular flexibility index (Phi) is 9.58. The Balaban J connectivity index is 1.40. The first-order valence-corrected chi connectivity index (χ1v) is 13.7. The first-order valence-electron chi connectivity index (χ1n) is 11.8. The topological polar surface area (TPSA) is 4.93 Å². The van der Waals surface area contributed by atoms with Crippen LogP contribution < -0.4 is 5.19 Å². The molecule has 0 unspecified atom stereocenters. The normalized spacial score (nSPS) is 11.5. The smallest absolute Gasteiger partial charge is 0.0856 e. The second-order valence-electron chi connectivity index (χ2n) is 8.37. The molecule has 0 bridgehead atoms. The van der Waals surface area contributed by atoms with E-state index in [1.807, 2.05) is 0 Å². The molecule has 1 nitrogen and oxygen atoms in total. The van der Waals surface area contributed by atoms with Gasteiger partial charge in [0.25, 0.3) is 0 Å². The first-order chi connectivity index (χ1) is 14.4. The van der Waals surface area contributed by atoms with E-state index in [9.17, 15) is 0 Å². The van der Waals surface area contributed by atoms with Crippen molar-refractivity contribution in [2.45, 2.75) is 83.3 Å². The maximum atomic E-state index is 2.43. The Bertz CT molecular complexity index is 808. The van der Waals surface area contributed by atoms with E-state index in [0.717, 1.165) is 6.54 Å². The highest BCUT2D eigenvalue weighted by atomic mass is 28.3. The number of hydrogen-bond donors (Lipinski definition) is 0. The highest BCUT2D eigenvalue weighted by Crippen LogP contribution is 2.17. The summed E-state index contributed by atoms with van der Waals surface area (Å²) < 4.78 is 2.43.